The Morgan fingerprint density at radius 1 is 1.18 bits per heavy atom. The second-order valence-corrected chi connectivity index (χ2v) is 8.31. The van der Waals surface area contributed by atoms with Crippen LogP contribution in [0, 0.1) is 6.92 Å². The van der Waals surface area contributed by atoms with Crippen molar-refractivity contribution in [1.29, 1.82) is 0 Å². The van der Waals surface area contributed by atoms with Crippen LogP contribution in [-0.2, 0) is 4.79 Å². The standard InChI is InChI=1S/C21H17N3O2S2/c1-14-11-15(8-9-18(14)26-16-5-4-10-22-12-16)23-20(25)13-27-21-24-17-6-2-3-7-19(17)28-21/h2-12H,13H2,1H3,(H,23,25). The highest BCUT2D eigenvalue weighted by molar-refractivity contribution is 8.01. The van der Waals surface area contributed by atoms with Crippen LogP contribution >= 0.6 is 23.1 Å². The number of hydrogen-bond acceptors (Lipinski definition) is 6. The third kappa shape index (κ3) is 4.49. The Hall–Kier alpha value is -2.90. The van der Waals surface area contributed by atoms with Crippen LogP contribution < -0.4 is 10.1 Å². The van der Waals surface area contributed by atoms with Gasteiger partial charge in [0.05, 0.1) is 22.2 Å². The molecule has 2 heterocycles. The minimum atomic E-state index is -0.0652. The zero-order chi connectivity index (χ0) is 19.3. The molecule has 1 N–H and O–H groups in total. The molecule has 0 aliphatic rings. The van der Waals surface area contributed by atoms with Gasteiger partial charge in [-0.05, 0) is 55.0 Å². The van der Waals surface area contributed by atoms with Crippen LogP contribution in [0.4, 0.5) is 5.69 Å². The van der Waals surface area contributed by atoms with Gasteiger partial charge in [-0.1, -0.05) is 23.9 Å². The van der Waals surface area contributed by atoms with Crippen molar-refractivity contribution in [3.8, 4) is 11.5 Å². The maximum Gasteiger partial charge on any atom is 0.234 e. The van der Waals surface area contributed by atoms with Crippen molar-refractivity contribution in [3.63, 3.8) is 0 Å². The minimum Gasteiger partial charge on any atom is -0.455 e. The van der Waals surface area contributed by atoms with Crippen molar-refractivity contribution in [2.24, 2.45) is 0 Å². The molecule has 1 amide bonds. The summed E-state index contributed by atoms with van der Waals surface area (Å²) in [5.41, 5.74) is 2.64. The molecule has 140 valence electrons. The molecule has 7 heteroatoms. The summed E-state index contributed by atoms with van der Waals surface area (Å²) in [6.07, 6.45) is 3.36. The number of thiazole rings is 1. The first-order chi connectivity index (χ1) is 13.7. The predicted octanol–water partition coefficient (Wildman–Crippen LogP) is 5.52. The molecule has 28 heavy (non-hydrogen) atoms. The number of carbonyl (C=O) groups excluding carboxylic acids is 1. The molecule has 5 nitrogen and oxygen atoms in total. The molecule has 2 aromatic carbocycles. The number of aromatic nitrogens is 2. The Kier molecular flexibility index (Phi) is 5.55. The molecule has 4 aromatic rings. The number of fused-ring (bicyclic) bond motifs is 1. The van der Waals surface area contributed by atoms with Gasteiger partial charge in [-0.15, -0.1) is 11.3 Å². The molecule has 0 saturated carbocycles. The molecule has 2 aromatic heterocycles. The van der Waals surface area contributed by atoms with Gasteiger partial charge in [-0.3, -0.25) is 9.78 Å². The largest absolute Gasteiger partial charge is 0.455 e. The van der Waals surface area contributed by atoms with Crippen molar-refractivity contribution in [2.75, 3.05) is 11.1 Å². The number of pyridine rings is 1. The number of rotatable bonds is 6. The number of ether oxygens (including phenoxy) is 1. The van der Waals surface area contributed by atoms with Crippen LogP contribution in [0.5, 0.6) is 11.5 Å². The van der Waals surface area contributed by atoms with Crippen molar-refractivity contribution >= 4 is 44.9 Å². The molecule has 0 unspecified atom stereocenters. The minimum absolute atomic E-state index is 0.0652. The SMILES string of the molecule is Cc1cc(NC(=O)CSc2nc3ccccc3s2)ccc1Oc1cccnc1. The molecule has 0 bridgehead atoms. The predicted molar refractivity (Wildman–Crippen MR) is 114 cm³/mol. The molecule has 4 rings (SSSR count). The van der Waals surface area contributed by atoms with E-state index in [9.17, 15) is 4.79 Å². The van der Waals surface area contributed by atoms with E-state index in [0.29, 0.717) is 11.5 Å². The van der Waals surface area contributed by atoms with E-state index in [1.54, 1.807) is 23.7 Å². The Balaban J connectivity index is 1.35. The average Bonchev–Trinajstić information content (AvgIpc) is 3.12. The molecule has 0 saturated heterocycles. The number of benzene rings is 2. The van der Waals surface area contributed by atoms with Gasteiger partial charge in [0, 0.05) is 11.9 Å². The second-order valence-electron chi connectivity index (χ2n) is 6.06. The first-order valence-electron chi connectivity index (χ1n) is 8.64. The first kappa shape index (κ1) is 18.5. The second kappa shape index (κ2) is 8.41. The molecule has 0 atom stereocenters. The number of amides is 1. The molecular weight excluding hydrogens is 390 g/mol. The Morgan fingerprint density at radius 3 is 2.86 bits per heavy atom. The molecule has 0 aliphatic carbocycles. The normalized spacial score (nSPS) is 10.8. The van der Waals surface area contributed by atoms with Gasteiger partial charge >= 0.3 is 0 Å². The smallest absolute Gasteiger partial charge is 0.234 e. The van der Waals surface area contributed by atoms with Gasteiger partial charge in [0.1, 0.15) is 11.5 Å². The lowest BCUT2D eigenvalue weighted by molar-refractivity contribution is -0.113. The van der Waals surface area contributed by atoms with E-state index in [4.69, 9.17) is 4.74 Å². The highest BCUT2D eigenvalue weighted by atomic mass is 32.2. The number of carbonyl (C=O) groups is 1. The van der Waals surface area contributed by atoms with Crippen LogP contribution in [0.1, 0.15) is 5.56 Å². The zero-order valence-corrected chi connectivity index (χ0v) is 16.7. The number of hydrogen-bond donors (Lipinski definition) is 1. The summed E-state index contributed by atoms with van der Waals surface area (Å²) in [5.74, 6) is 1.65. The Bertz CT molecular complexity index is 1080. The quantitative estimate of drug-likeness (QED) is 0.426. The summed E-state index contributed by atoms with van der Waals surface area (Å²) < 4.78 is 7.84. The van der Waals surface area contributed by atoms with E-state index in [0.717, 1.165) is 31.6 Å². The third-order valence-electron chi connectivity index (χ3n) is 3.92. The van der Waals surface area contributed by atoms with Gasteiger partial charge < -0.3 is 10.1 Å². The number of anilines is 1. The van der Waals surface area contributed by atoms with Crippen molar-refractivity contribution in [3.05, 3.63) is 72.6 Å². The number of aryl methyl sites for hydroxylation is 1. The number of nitrogens with one attached hydrogen (secondary N) is 1. The number of para-hydroxylation sites is 1. The summed E-state index contributed by atoms with van der Waals surface area (Å²) in [6, 6.07) is 17.2. The molecule has 0 spiro atoms. The van der Waals surface area contributed by atoms with E-state index in [1.165, 1.54) is 11.8 Å². The summed E-state index contributed by atoms with van der Waals surface area (Å²) in [7, 11) is 0. The third-order valence-corrected chi connectivity index (χ3v) is 6.10. The average molecular weight is 408 g/mol. The van der Waals surface area contributed by atoms with Gasteiger partial charge in [-0.25, -0.2) is 4.98 Å². The van der Waals surface area contributed by atoms with Crippen LogP contribution in [0.3, 0.4) is 0 Å². The number of nitrogens with zero attached hydrogens (tertiary/aromatic N) is 2. The van der Waals surface area contributed by atoms with Crippen LogP contribution in [-0.4, -0.2) is 21.6 Å². The monoisotopic (exact) mass is 407 g/mol. The maximum absolute atomic E-state index is 12.3. The van der Waals surface area contributed by atoms with Crippen molar-refractivity contribution < 1.29 is 9.53 Å². The van der Waals surface area contributed by atoms with Gasteiger partial charge in [0.15, 0.2) is 4.34 Å². The fourth-order valence-corrected chi connectivity index (χ4v) is 4.48. The van der Waals surface area contributed by atoms with E-state index >= 15 is 0 Å². The highest BCUT2D eigenvalue weighted by Crippen LogP contribution is 2.30. The topological polar surface area (TPSA) is 64.1 Å². The molecular formula is C21H17N3O2S2. The van der Waals surface area contributed by atoms with E-state index in [-0.39, 0.29) is 5.91 Å². The molecule has 0 radical (unpaired) electrons. The van der Waals surface area contributed by atoms with E-state index < -0.39 is 0 Å². The highest BCUT2D eigenvalue weighted by Gasteiger charge is 2.09. The van der Waals surface area contributed by atoms with E-state index in [2.05, 4.69) is 15.3 Å². The lowest BCUT2D eigenvalue weighted by atomic mass is 10.2. The van der Waals surface area contributed by atoms with Crippen molar-refractivity contribution in [1.82, 2.24) is 9.97 Å². The summed E-state index contributed by atoms with van der Waals surface area (Å²) >= 11 is 3.05. The fraction of sp³-hybridized carbons (Fsp3) is 0.0952. The number of thioether (sulfide) groups is 1. The zero-order valence-electron chi connectivity index (χ0n) is 15.1. The Morgan fingerprint density at radius 2 is 2.07 bits per heavy atom. The molecule has 0 aliphatic heterocycles. The maximum atomic E-state index is 12.3. The summed E-state index contributed by atoms with van der Waals surface area (Å²) in [5, 5.41) is 2.93. The van der Waals surface area contributed by atoms with Crippen molar-refractivity contribution in [2.45, 2.75) is 11.3 Å². The van der Waals surface area contributed by atoms with Crippen LogP contribution in [0.2, 0.25) is 0 Å². The van der Waals surface area contributed by atoms with Crippen LogP contribution in [0.15, 0.2) is 71.3 Å². The fourth-order valence-electron chi connectivity index (χ4n) is 2.61. The lowest BCUT2D eigenvalue weighted by Gasteiger charge is -2.11. The first-order valence-corrected chi connectivity index (χ1v) is 10.4. The summed E-state index contributed by atoms with van der Waals surface area (Å²) in [6.45, 7) is 1.94. The van der Waals surface area contributed by atoms with Crippen LogP contribution in [0.25, 0.3) is 10.2 Å². The summed E-state index contributed by atoms with van der Waals surface area (Å²) in [4.78, 5) is 20.9. The Labute approximate surface area is 170 Å². The van der Waals surface area contributed by atoms with Gasteiger partial charge in [0.25, 0.3) is 0 Å². The van der Waals surface area contributed by atoms with Gasteiger partial charge in [-0.2, -0.15) is 0 Å². The van der Waals surface area contributed by atoms with E-state index in [1.807, 2.05) is 61.5 Å². The van der Waals surface area contributed by atoms with Gasteiger partial charge in [0.2, 0.25) is 5.91 Å². The lowest BCUT2D eigenvalue weighted by Crippen LogP contribution is -2.14. The molecule has 0 fully saturated rings.